The monoisotopic (exact) mass is 476 g/mol. The molecule has 11 heteroatoms. The van der Waals surface area contributed by atoms with Crippen LogP contribution in [-0.4, -0.2) is 24.6 Å². The molecule has 1 amide bonds. The predicted molar refractivity (Wildman–Crippen MR) is 103 cm³/mol. The van der Waals surface area contributed by atoms with E-state index >= 15 is 0 Å². The maximum Gasteiger partial charge on any atom is 0.387 e. The van der Waals surface area contributed by atoms with E-state index in [4.69, 9.17) is 16.3 Å². The molecular formula is C17H12BrClF2N2O5. The molecule has 7 nitrogen and oxygen atoms in total. The van der Waals surface area contributed by atoms with Gasteiger partial charge in [-0.15, -0.1) is 0 Å². The topological polar surface area (TPSA) is 90.7 Å². The first-order valence-electron chi connectivity index (χ1n) is 7.46. The Hall–Kier alpha value is -2.72. The first kappa shape index (κ1) is 21.6. The lowest BCUT2D eigenvalue weighted by Gasteiger charge is -2.11. The lowest BCUT2D eigenvalue weighted by Crippen LogP contribution is -2.08. The van der Waals surface area contributed by atoms with Gasteiger partial charge in [0.1, 0.15) is 0 Å². The molecule has 28 heavy (non-hydrogen) atoms. The molecule has 2 rings (SSSR count). The predicted octanol–water partition coefficient (Wildman–Crippen LogP) is 5.27. The number of alkyl halides is 2. The Labute approximate surface area is 171 Å². The van der Waals surface area contributed by atoms with Crippen molar-refractivity contribution in [2.45, 2.75) is 6.61 Å². The van der Waals surface area contributed by atoms with E-state index in [1.165, 1.54) is 7.11 Å². The van der Waals surface area contributed by atoms with Crippen molar-refractivity contribution in [2.24, 2.45) is 0 Å². The summed E-state index contributed by atoms with van der Waals surface area (Å²) in [6.07, 6.45) is 2.18. The Kier molecular flexibility index (Phi) is 7.30. The van der Waals surface area contributed by atoms with E-state index in [0.717, 1.165) is 28.8 Å². The molecule has 0 heterocycles. The molecular weight excluding hydrogens is 466 g/mol. The minimum Gasteiger partial charge on any atom is -0.493 e. The van der Waals surface area contributed by atoms with Crippen molar-refractivity contribution in [3.05, 3.63) is 61.6 Å². The van der Waals surface area contributed by atoms with E-state index in [1.54, 1.807) is 18.2 Å². The first-order valence-corrected chi connectivity index (χ1v) is 8.63. The van der Waals surface area contributed by atoms with Crippen molar-refractivity contribution in [1.29, 1.82) is 0 Å². The Bertz CT molecular complexity index is 940. The third-order valence-corrected chi connectivity index (χ3v) is 4.13. The largest absolute Gasteiger partial charge is 0.493 e. The highest BCUT2D eigenvalue weighted by Gasteiger charge is 2.20. The van der Waals surface area contributed by atoms with Crippen molar-refractivity contribution in [1.82, 2.24) is 0 Å². The van der Waals surface area contributed by atoms with E-state index in [-0.39, 0.29) is 16.3 Å². The van der Waals surface area contributed by atoms with E-state index in [0.29, 0.717) is 5.69 Å². The number of methoxy groups -OCH3 is 1. The minimum atomic E-state index is -3.18. The second kappa shape index (κ2) is 9.47. The van der Waals surface area contributed by atoms with E-state index in [1.807, 2.05) is 0 Å². The Balaban J connectivity index is 2.30. The lowest BCUT2D eigenvalue weighted by atomic mass is 10.1. The number of nitro groups is 1. The summed E-state index contributed by atoms with van der Waals surface area (Å²) in [5, 5.41) is 14.0. The van der Waals surface area contributed by atoms with Gasteiger partial charge >= 0.3 is 6.61 Å². The molecule has 148 valence electrons. The van der Waals surface area contributed by atoms with Crippen LogP contribution in [0.1, 0.15) is 5.56 Å². The number of nitrogens with one attached hydrogen (secondary N) is 1. The van der Waals surface area contributed by atoms with Gasteiger partial charge in [0.2, 0.25) is 5.91 Å². The van der Waals surface area contributed by atoms with Gasteiger partial charge in [-0.2, -0.15) is 8.78 Å². The maximum absolute atomic E-state index is 12.5. The highest BCUT2D eigenvalue weighted by molar-refractivity contribution is 9.10. The highest BCUT2D eigenvalue weighted by atomic mass is 79.9. The van der Waals surface area contributed by atoms with Crippen molar-refractivity contribution in [2.75, 3.05) is 12.4 Å². The molecule has 0 saturated heterocycles. The van der Waals surface area contributed by atoms with Gasteiger partial charge in [-0.25, -0.2) is 0 Å². The zero-order valence-corrected chi connectivity index (χ0v) is 16.5. The lowest BCUT2D eigenvalue weighted by molar-refractivity contribution is -0.385. The number of carbonyl (C=O) groups is 1. The molecule has 0 unspecified atom stereocenters. The molecule has 0 saturated carbocycles. The van der Waals surface area contributed by atoms with Crippen LogP contribution in [0, 0.1) is 10.1 Å². The fourth-order valence-corrected chi connectivity index (χ4v) is 2.86. The Morgan fingerprint density at radius 1 is 1.32 bits per heavy atom. The van der Waals surface area contributed by atoms with Crippen LogP contribution in [0.3, 0.4) is 0 Å². The average Bonchev–Trinajstić information content (AvgIpc) is 2.62. The summed E-state index contributed by atoms with van der Waals surface area (Å²) in [5.74, 6) is -1.25. The molecule has 0 spiro atoms. The molecule has 1 N–H and O–H groups in total. The fourth-order valence-electron chi connectivity index (χ4n) is 2.13. The number of amides is 1. The summed E-state index contributed by atoms with van der Waals surface area (Å²) >= 11 is 9.24. The average molecular weight is 478 g/mol. The second-order valence-electron chi connectivity index (χ2n) is 5.14. The van der Waals surface area contributed by atoms with Crippen molar-refractivity contribution in [3.63, 3.8) is 0 Å². The van der Waals surface area contributed by atoms with Gasteiger partial charge in [-0.05, 0) is 30.3 Å². The van der Waals surface area contributed by atoms with Gasteiger partial charge in [0, 0.05) is 10.5 Å². The van der Waals surface area contributed by atoms with Gasteiger partial charge in [-0.3, -0.25) is 14.9 Å². The zero-order chi connectivity index (χ0) is 20.8. The van der Waals surface area contributed by atoms with Crippen LogP contribution in [0.25, 0.3) is 6.08 Å². The van der Waals surface area contributed by atoms with Crippen LogP contribution in [0.15, 0.2) is 40.9 Å². The Morgan fingerprint density at radius 2 is 2.04 bits per heavy atom. The molecule has 0 aliphatic heterocycles. The molecule has 2 aromatic rings. The number of anilines is 1. The third-order valence-electron chi connectivity index (χ3n) is 3.33. The number of ether oxygens (including phenoxy) is 2. The van der Waals surface area contributed by atoms with Crippen LogP contribution in [0.5, 0.6) is 11.5 Å². The number of nitrogens with zero attached hydrogens (tertiary/aromatic N) is 1. The van der Waals surface area contributed by atoms with Gasteiger partial charge < -0.3 is 14.8 Å². The van der Waals surface area contributed by atoms with Crippen LogP contribution in [0.2, 0.25) is 5.02 Å². The number of carbonyl (C=O) groups excluding carboxylic acids is 1. The van der Waals surface area contributed by atoms with Crippen LogP contribution >= 0.6 is 27.5 Å². The zero-order valence-electron chi connectivity index (χ0n) is 14.1. The number of hydrogen-bond acceptors (Lipinski definition) is 5. The summed E-state index contributed by atoms with van der Waals surface area (Å²) in [5.41, 5.74) is -0.241. The minimum absolute atomic E-state index is 0.0412. The van der Waals surface area contributed by atoms with Crippen molar-refractivity contribution in [3.8, 4) is 11.5 Å². The quantitative estimate of drug-likeness (QED) is 0.333. The van der Waals surface area contributed by atoms with Crippen molar-refractivity contribution < 1.29 is 28.0 Å². The molecule has 2 aromatic carbocycles. The van der Waals surface area contributed by atoms with Crippen LogP contribution in [-0.2, 0) is 4.79 Å². The fraction of sp³-hybridized carbons (Fsp3) is 0.118. The molecule has 0 atom stereocenters. The Morgan fingerprint density at radius 3 is 2.61 bits per heavy atom. The van der Waals surface area contributed by atoms with Gasteiger partial charge in [0.05, 0.1) is 34.4 Å². The summed E-state index contributed by atoms with van der Waals surface area (Å²) in [4.78, 5) is 22.5. The molecule has 0 radical (unpaired) electrons. The number of hydrogen-bond donors (Lipinski definition) is 1. The van der Waals surface area contributed by atoms with Crippen LogP contribution < -0.4 is 14.8 Å². The van der Waals surface area contributed by atoms with Gasteiger partial charge in [-0.1, -0.05) is 27.5 Å². The normalized spacial score (nSPS) is 10.9. The van der Waals surface area contributed by atoms with E-state index < -0.39 is 28.9 Å². The highest BCUT2D eigenvalue weighted by Crippen LogP contribution is 2.36. The van der Waals surface area contributed by atoms with Gasteiger partial charge in [0.15, 0.2) is 11.5 Å². The summed E-state index contributed by atoms with van der Waals surface area (Å²) in [6.45, 7) is -3.18. The summed E-state index contributed by atoms with van der Waals surface area (Å²) < 4.78 is 34.8. The number of nitro benzene ring substituents is 1. The maximum atomic E-state index is 12.5. The third kappa shape index (κ3) is 5.64. The first-order chi connectivity index (χ1) is 13.2. The number of halogens is 4. The van der Waals surface area contributed by atoms with Gasteiger partial charge in [0.25, 0.3) is 5.69 Å². The smallest absolute Gasteiger partial charge is 0.387 e. The molecule has 0 aromatic heterocycles. The van der Waals surface area contributed by atoms with E-state index in [9.17, 15) is 23.7 Å². The summed E-state index contributed by atoms with van der Waals surface area (Å²) in [6, 6.07) is 6.74. The molecule has 0 aliphatic rings. The van der Waals surface area contributed by atoms with Crippen molar-refractivity contribution >= 4 is 50.9 Å². The standard InChI is InChI=1S/C17H12BrClF2N2O5/c1-27-14-6-9(13(23(25)26)8-15(14)28-17(20)21)2-5-16(24)22-12-4-3-10(18)7-11(12)19/h2-8,17H,1H3,(H,22,24)/b5-2+. The number of benzene rings is 2. The van der Waals surface area contributed by atoms with Crippen LogP contribution in [0.4, 0.5) is 20.2 Å². The molecule has 0 aliphatic carbocycles. The van der Waals surface area contributed by atoms with E-state index in [2.05, 4.69) is 26.0 Å². The summed E-state index contributed by atoms with van der Waals surface area (Å²) in [7, 11) is 1.19. The SMILES string of the molecule is COc1cc(/C=C/C(=O)Nc2ccc(Br)cc2Cl)c([N+](=O)[O-])cc1OC(F)F. The molecule has 0 fully saturated rings. The number of rotatable bonds is 7. The molecule has 0 bridgehead atoms. The second-order valence-corrected chi connectivity index (χ2v) is 6.47.